The standard InChI is InChI=1S/C21H17F2N3O2.C2HF3O2/c22-17-7-6-16(18(23)10-17)9-13-1-8-20-24-25-21(26(20)11-13)15-4-2-14(3-5-15)19(28)12-27;3-2(4,5)1(6)7/h1-8,10-11,19,27-28H,9,12H2;(H,6,7). The summed E-state index contributed by atoms with van der Waals surface area (Å²) in [6, 6.07) is 14.2. The van der Waals surface area contributed by atoms with Gasteiger partial charge in [0.15, 0.2) is 11.5 Å². The van der Waals surface area contributed by atoms with E-state index >= 15 is 0 Å². The number of halogens is 5. The molecule has 2 aromatic heterocycles. The molecular formula is C23H18F5N3O4. The number of aliphatic hydroxyl groups excluding tert-OH is 2. The Bertz CT molecular complexity index is 1320. The van der Waals surface area contributed by atoms with Crippen LogP contribution in [0.1, 0.15) is 22.8 Å². The molecule has 4 rings (SSSR count). The van der Waals surface area contributed by atoms with E-state index in [1.807, 2.05) is 12.3 Å². The van der Waals surface area contributed by atoms with Crippen LogP contribution in [-0.4, -0.2) is 48.7 Å². The van der Waals surface area contributed by atoms with Crippen molar-refractivity contribution in [3.63, 3.8) is 0 Å². The van der Waals surface area contributed by atoms with Gasteiger partial charge in [-0.05, 0) is 28.8 Å². The Balaban J connectivity index is 0.000000429. The van der Waals surface area contributed by atoms with E-state index in [0.717, 1.165) is 17.2 Å². The second kappa shape index (κ2) is 10.6. The number of aromatic nitrogens is 3. The number of aliphatic hydroxyl groups is 2. The molecule has 0 aliphatic carbocycles. The maximum Gasteiger partial charge on any atom is 0.490 e. The Kier molecular flexibility index (Phi) is 7.77. The Morgan fingerprint density at radius 3 is 2.23 bits per heavy atom. The number of hydrogen-bond acceptors (Lipinski definition) is 5. The van der Waals surface area contributed by atoms with Crippen LogP contribution in [0.15, 0.2) is 60.8 Å². The third-order valence-electron chi connectivity index (χ3n) is 4.84. The highest BCUT2D eigenvalue weighted by molar-refractivity contribution is 5.73. The molecule has 0 spiro atoms. The fourth-order valence-corrected chi connectivity index (χ4v) is 3.08. The highest BCUT2D eigenvalue weighted by atomic mass is 19.4. The summed E-state index contributed by atoms with van der Waals surface area (Å²) in [6.45, 7) is -0.351. The second-order valence-electron chi connectivity index (χ2n) is 7.32. The first kappa shape index (κ1) is 25.7. The van der Waals surface area contributed by atoms with Gasteiger partial charge in [-0.15, -0.1) is 10.2 Å². The van der Waals surface area contributed by atoms with Crippen molar-refractivity contribution in [2.45, 2.75) is 18.7 Å². The van der Waals surface area contributed by atoms with Crippen LogP contribution in [0.3, 0.4) is 0 Å². The zero-order chi connectivity index (χ0) is 25.8. The molecule has 2 aromatic carbocycles. The maximum atomic E-state index is 14.0. The minimum Gasteiger partial charge on any atom is -0.475 e. The maximum absolute atomic E-state index is 14.0. The number of aliphatic carboxylic acids is 1. The van der Waals surface area contributed by atoms with Crippen molar-refractivity contribution in [3.05, 3.63) is 89.1 Å². The van der Waals surface area contributed by atoms with Gasteiger partial charge < -0.3 is 15.3 Å². The molecule has 35 heavy (non-hydrogen) atoms. The van der Waals surface area contributed by atoms with E-state index in [-0.39, 0.29) is 6.61 Å². The number of carboxylic acid groups (broad SMARTS) is 1. The zero-order valence-corrected chi connectivity index (χ0v) is 17.7. The summed E-state index contributed by atoms with van der Waals surface area (Å²) >= 11 is 0. The molecule has 1 atom stereocenters. The van der Waals surface area contributed by atoms with Crippen molar-refractivity contribution in [1.82, 2.24) is 14.6 Å². The zero-order valence-electron chi connectivity index (χ0n) is 17.7. The number of nitrogens with zero attached hydrogens (tertiary/aromatic N) is 3. The third-order valence-corrected chi connectivity index (χ3v) is 4.84. The average Bonchev–Trinajstić information content (AvgIpc) is 3.23. The SMILES string of the molecule is O=C(O)C(F)(F)F.OCC(O)c1ccc(-c2nnc3ccc(Cc4ccc(F)cc4F)cn23)cc1. The van der Waals surface area contributed by atoms with Crippen LogP contribution < -0.4 is 0 Å². The van der Waals surface area contributed by atoms with E-state index in [4.69, 9.17) is 15.0 Å². The minimum atomic E-state index is -5.08. The topological polar surface area (TPSA) is 108 Å². The lowest BCUT2D eigenvalue weighted by Crippen LogP contribution is -2.21. The van der Waals surface area contributed by atoms with Crippen molar-refractivity contribution in [1.29, 1.82) is 0 Å². The number of rotatable bonds is 5. The van der Waals surface area contributed by atoms with Crippen molar-refractivity contribution >= 4 is 11.6 Å². The van der Waals surface area contributed by atoms with Crippen LogP contribution in [0.5, 0.6) is 0 Å². The molecule has 0 saturated heterocycles. The lowest BCUT2D eigenvalue weighted by atomic mass is 10.1. The van der Waals surface area contributed by atoms with Crippen molar-refractivity contribution in [2.75, 3.05) is 6.61 Å². The molecular weight excluding hydrogens is 477 g/mol. The molecule has 0 radical (unpaired) electrons. The van der Waals surface area contributed by atoms with E-state index in [0.29, 0.717) is 29.0 Å². The van der Waals surface area contributed by atoms with Gasteiger partial charge >= 0.3 is 12.1 Å². The predicted molar refractivity (Wildman–Crippen MR) is 113 cm³/mol. The average molecular weight is 495 g/mol. The molecule has 0 bridgehead atoms. The van der Waals surface area contributed by atoms with Crippen LogP contribution in [-0.2, 0) is 11.2 Å². The highest BCUT2D eigenvalue weighted by Crippen LogP contribution is 2.23. The number of pyridine rings is 1. The summed E-state index contributed by atoms with van der Waals surface area (Å²) in [5.74, 6) is -3.34. The van der Waals surface area contributed by atoms with Gasteiger partial charge in [0.2, 0.25) is 0 Å². The third kappa shape index (κ3) is 6.37. The molecule has 0 fully saturated rings. The Labute approximate surface area is 194 Å². The molecule has 0 amide bonds. The first-order valence-corrected chi connectivity index (χ1v) is 9.96. The van der Waals surface area contributed by atoms with Crippen molar-refractivity contribution in [2.24, 2.45) is 0 Å². The first-order valence-electron chi connectivity index (χ1n) is 9.96. The number of benzene rings is 2. The molecule has 2 heterocycles. The van der Waals surface area contributed by atoms with Crippen molar-refractivity contribution < 1.29 is 42.1 Å². The van der Waals surface area contributed by atoms with Crippen LogP contribution in [0.2, 0.25) is 0 Å². The molecule has 0 aliphatic rings. The highest BCUT2D eigenvalue weighted by Gasteiger charge is 2.38. The summed E-state index contributed by atoms with van der Waals surface area (Å²) in [5.41, 5.74) is 3.25. The normalized spacial score (nSPS) is 12.2. The number of alkyl halides is 3. The smallest absolute Gasteiger partial charge is 0.475 e. The van der Waals surface area contributed by atoms with Crippen LogP contribution in [0, 0.1) is 11.6 Å². The van der Waals surface area contributed by atoms with Gasteiger partial charge in [0.05, 0.1) is 6.61 Å². The summed E-state index contributed by atoms with van der Waals surface area (Å²) < 4.78 is 60.6. The minimum absolute atomic E-state index is 0.307. The summed E-state index contributed by atoms with van der Waals surface area (Å²) in [5, 5.41) is 34.2. The number of carbonyl (C=O) groups is 1. The number of hydrogen-bond donors (Lipinski definition) is 3. The molecule has 0 aliphatic heterocycles. The predicted octanol–water partition coefficient (Wildman–Crippen LogP) is 3.92. The van der Waals surface area contributed by atoms with Gasteiger partial charge in [-0.1, -0.05) is 36.4 Å². The Morgan fingerprint density at radius 2 is 1.66 bits per heavy atom. The van der Waals surface area contributed by atoms with Crippen LogP contribution in [0.4, 0.5) is 22.0 Å². The van der Waals surface area contributed by atoms with Gasteiger partial charge in [0.1, 0.15) is 17.7 Å². The quantitative estimate of drug-likeness (QED) is 0.362. The van der Waals surface area contributed by atoms with Crippen molar-refractivity contribution in [3.8, 4) is 11.4 Å². The van der Waals surface area contributed by atoms with E-state index < -0.39 is 29.9 Å². The van der Waals surface area contributed by atoms with Gasteiger partial charge in [-0.2, -0.15) is 13.2 Å². The summed E-state index contributed by atoms with van der Waals surface area (Å²) in [6.07, 6.45) is -3.88. The monoisotopic (exact) mass is 495 g/mol. The van der Waals surface area contributed by atoms with E-state index in [1.165, 1.54) is 12.1 Å². The van der Waals surface area contributed by atoms with Gasteiger partial charge in [0, 0.05) is 24.2 Å². The van der Waals surface area contributed by atoms with Gasteiger partial charge in [-0.3, -0.25) is 4.40 Å². The second-order valence-corrected chi connectivity index (χ2v) is 7.32. The molecule has 12 heteroatoms. The lowest BCUT2D eigenvalue weighted by molar-refractivity contribution is -0.192. The first-order chi connectivity index (χ1) is 16.5. The fourth-order valence-electron chi connectivity index (χ4n) is 3.08. The molecule has 0 saturated carbocycles. The fraction of sp³-hybridized carbons (Fsp3) is 0.174. The van der Waals surface area contributed by atoms with Gasteiger partial charge in [-0.25, -0.2) is 13.6 Å². The molecule has 7 nitrogen and oxygen atoms in total. The summed E-state index contributed by atoms with van der Waals surface area (Å²) in [7, 11) is 0. The van der Waals surface area contributed by atoms with E-state index in [1.54, 1.807) is 34.7 Å². The van der Waals surface area contributed by atoms with Crippen LogP contribution >= 0.6 is 0 Å². The Morgan fingerprint density at radius 1 is 1.00 bits per heavy atom. The molecule has 3 N–H and O–H groups in total. The van der Waals surface area contributed by atoms with Crippen LogP contribution in [0.25, 0.3) is 17.0 Å². The molecule has 1 unspecified atom stereocenters. The van der Waals surface area contributed by atoms with Gasteiger partial charge in [0.25, 0.3) is 0 Å². The number of fused-ring (bicyclic) bond motifs is 1. The van der Waals surface area contributed by atoms with E-state index in [2.05, 4.69) is 10.2 Å². The Hall–Kier alpha value is -3.90. The van der Waals surface area contributed by atoms with E-state index in [9.17, 15) is 27.1 Å². The largest absolute Gasteiger partial charge is 0.490 e. The molecule has 4 aromatic rings. The molecule has 184 valence electrons. The summed E-state index contributed by atoms with van der Waals surface area (Å²) in [4.78, 5) is 8.90. The lowest BCUT2D eigenvalue weighted by Gasteiger charge is -2.08. The number of carboxylic acids is 1.